The Morgan fingerprint density at radius 2 is 1.90 bits per heavy atom. The van der Waals surface area contributed by atoms with Crippen LogP contribution in [0.2, 0.25) is 0 Å². The van der Waals surface area contributed by atoms with Gasteiger partial charge in [0.25, 0.3) is 0 Å². The van der Waals surface area contributed by atoms with E-state index >= 15 is 0 Å². The summed E-state index contributed by atoms with van der Waals surface area (Å²) in [7, 11) is 0. The third-order valence-corrected chi connectivity index (χ3v) is 6.94. The monoisotopic (exact) mass is 541 g/mol. The van der Waals surface area contributed by atoms with E-state index in [1.165, 1.54) is 11.0 Å². The van der Waals surface area contributed by atoms with Crippen LogP contribution >= 0.6 is 0 Å². The number of carbonyl (C=O) groups is 3. The lowest BCUT2D eigenvalue weighted by Gasteiger charge is -2.29. The number of nitro groups is 1. The van der Waals surface area contributed by atoms with Crippen molar-refractivity contribution in [3.8, 4) is 0 Å². The molecule has 0 radical (unpaired) electrons. The molecule has 0 saturated carbocycles. The first-order valence-corrected chi connectivity index (χ1v) is 12.9. The molecule has 2 aromatic carbocycles. The number of nitro benzene ring substituents is 1. The Labute approximate surface area is 225 Å². The zero-order chi connectivity index (χ0) is 28.3. The molecule has 208 valence electrons. The van der Waals surface area contributed by atoms with Crippen molar-refractivity contribution in [1.82, 2.24) is 9.80 Å². The highest BCUT2D eigenvalue weighted by molar-refractivity contribution is 5.95. The minimum absolute atomic E-state index is 0.0224. The van der Waals surface area contributed by atoms with E-state index in [2.05, 4.69) is 0 Å². The molecule has 11 heteroatoms. The molecule has 0 aliphatic carbocycles. The van der Waals surface area contributed by atoms with Crippen LogP contribution in [0.1, 0.15) is 38.3 Å². The molecule has 10 nitrogen and oxygen atoms in total. The summed E-state index contributed by atoms with van der Waals surface area (Å²) in [6.45, 7) is 5.89. The van der Waals surface area contributed by atoms with Gasteiger partial charge in [-0.05, 0) is 63.1 Å². The van der Waals surface area contributed by atoms with Gasteiger partial charge in [-0.25, -0.2) is 14.5 Å². The average molecular weight is 542 g/mol. The summed E-state index contributed by atoms with van der Waals surface area (Å²) in [5.41, 5.74) is -0.0739. The number of halogens is 1. The molecule has 3 amide bonds. The summed E-state index contributed by atoms with van der Waals surface area (Å²) in [5, 5.41) is 11.3. The van der Waals surface area contributed by atoms with Crippen LogP contribution in [-0.2, 0) is 27.1 Å². The first-order valence-electron chi connectivity index (χ1n) is 12.9. The Balaban J connectivity index is 1.61. The second-order valence-corrected chi connectivity index (χ2v) is 11.0. The highest BCUT2D eigenvalue weighted by Crippen LogP contribution is 2.33. The molecule has 2 aliphatic rings. The molecule has 4 rings (SSSR count). The van der Waals surface area contributed by atoms with Crippen molar-refractivity contribution in [2.45, 2.75) is 51.7 Å². The first-order chi connectivity index (χ1) is 18.4. The molecule has 0 spiro atoms. The largest absolute Gasteiger partial charge is 0.447 e. The van der Waals surface area contributed by atoms with Crippen molar-refractivity contribution in [2.24, 2.45) is 11.8 Å². The van der Waals surface area contributed by atoms with Crippen LogP contribution in [0.25, 0.3) is 0 Å². The Bertz CT molecular complexity index is 1250. The molecule has 39 heavy (non-hydrogen) atoms. The van der Waals surface area contributed by atoms with Gasteiger partial charge >= 0.3 is 17.9 Å². The fourth-order valence-electron chi connectivity index (χ4n) is 5.09. The average Bonchev–Trinajstić information content (AvgIpc) is 3.50. The van der Waals surface area contributed by atoms with Gasteiger partial charge in [0, 0.05) is 25.1 Å². The van der Waals surface area contributed by atoms with Crippen LogP contribution in [0.15, 0.2) is 48.5 Å². The molecule has 0 bridgehead atoms. The molecule has 0 unspecified atom stereocenters. The molecule has 0 aromatic heterocycles. The van der Waals surface area contributed by atoms with Gasteiger partial charge in [-0.15, -0.1) is 0 Å². The highest BCUT2D eigenvalue weighted by Gasteiger charge is 2.45. The lowest BCUT2D eigenvalue weighted by Crippen LogP contribution is -2.46. The fourth-order valence-corrected chi connectivity index (χ4v) is 5.09. The topological polar surface area (TPSA) is 119 Å². The van der Waals surface area contributed by atoms with E-state index in [9.17, 15) is 28.9 Å². The zero-order valence-electron chi connectivity index (χ0n) is 22.2. The van der Waals surface area contributed by atoms with Gasteiger partial charge in [0.15, 0.2) is 0 Å². The van der Waals surface area contributed by atoms with Crippen LogP contribution in [0, 0.1) is 27.8 Å². The van der Waals surface area contributed by atoms with Gasteiger partial charge in [-0.1, -0.05) is 36.4 Å². The van der Waals surface area contributed by atoms with Crippen LogP contribution in [0.3, 0.4) is 0 Å². The summed E-state index contributed by atoms with van der Waals surface area (Å²) >= 11 is 0. The Morgan fingerprint density at radius 1 is 1.18 bits per heavy atom. The molecular weight excluding hydrogens is 509 g/mol. The second-order valence-electron chi connectivity index (χ2n) is 11.0. The predicted octanol–water partition coefficient (Wildman–Crippen LogP) is 4.74. The van der Waals surface area contributed by atoms with Gasteiger partial charge in [0.05, 0.1) is 11.0 Å². The van der Waals surface area contributed by atoms with Crippen molar-refractivity contribution in [1.29, 1.82) is 0 Å². The van der Waals surface area contributed by atoms with Crippen molar-refractivity contribution in [3.05, 3.63) is 75.6 Å². The van der Waals surface area contributed by atoms with E-state index in [1.54, 1.807) is 20.8 Å². The van der Waals surface area contributed by atoms with E-state index in [-0.39, 0.29) is 25.5 Å². The third-order valence-electron chi connectivity index (χ3n) is 6.94. The minimum Gasteiger partial charge on any atom is -0.447 e. The molecular formula is C28H32FN3O7. The van der Waals surface area contributed by atoms with Crippen LogP contribution in [0.5, 0.6) is 0 Å². The van der Waals surface area contributed by atoms with Crippen LogP contribution in [-0.4, -0.2) is 64.2 Å². The van der Waals surface area contributed by atoms with E-state index in [0.717, 1.165) is 22.6 Å². The summed E-state index contributed by atoms with van der Waals surface area (Å²) in [6.07, 6.45) is -0.365. The van der Waals surface area contributed by atoms with Crippen LogP contribution < -0.4 is 0 Å². The summed E-state index contributed by atoms with van der Waals surface area (Å²) in [4.78, 5) is 52.6. The number of amides is 3. The predicted molar refractivity (Wildman–Crippen MR) is 138 cm³/mol. The van der Waals surface area contributed by atoms with Crippen molar-refractivity contribution >= 4 is 23.8 Å². The molecule has 2 fully saturated rings. The van der Waals surface area contributed by atoms with E-state index in [0.29, 0.717) is 24.9 Å². The number of rotatable bonds is 7. The number of likely N-dealkylation sites (tertiary alicyclic amines) is 1. The van der Waals surface area contributed by atoms with E-state index in [1.807, 2.05) is 30.3 Å². The smallest absolute Gasteiger partial charge is 0.416 e. The number of imide groups is 1. The normalized spacial score (nSPS) is 20.1. The molecule has 2 saturated heterocycles. The quantitative estimate of drug-likeness (QED) is 0.367. The lowest BCUT2D eigenvalue weighted by molar-refractivity contribution is -0.387. The second kappa shape index (κ2) is 11.4. The minimum atomic E-state index is -0.977. The van der Waals surface area contributed by atoms with Crippen molar-refractivity contribution < 1.29 is 33.2 Å². The molecule has 3 atom stereocenters. The molecule has 2 aromatic rings. The zero-order valence-corrected chi connectivity index (χ0v) is 22.2. The van der Waals surface area contributed by atoms with Gasteiger partial charge in [-0.3, -0.25) is 14.9 Å². The maximum atomic E-state index is 14.0. The fraction of sp³-hybridized carbons (Fsp3) is 0.464. The maximum Gasteiger partial charge on any atom is 0.416 e. The van der Waals surface area contributed by atoms with Crippen molar-refractivity contribution in [3.63, 3.8) is 0 Å². The Kier molecular flexibility index (Phi) is 8.17. The number of hydrogen-bond acceptors (Lipinski definition) is 7. The van der Waals surface area contributed by atoms with Gasteiger partial charge in [-0.2, -0.15) is 4.39 Å². The van der Waals surface area contributed by atoms with Gasteiger partial charge in [0.2, 0.25) is 11.7 Å². The standard InChI is InChI=1S/C28H32FN3O7/c1-28(2,3)39-26(34)30-12-11-20(16-30)22(14-19-9-10-23(29)24(15-19)32(36)37)25(33)31-21(17-38-27(31)35)13-18-7-5-4-6-8-18/h4-10,15,20-22H,11-14,16-17H2,1-3H3/t20-,21-,22-/m0/s1. The number of cyclic esters (lactones) is 1. The van der Waals surface area contributed by atoms with E-state index in [4.69, 9.17) is 9.47 Å². The van der Waals surface area contributed by atoms with Gasteiger partial charge < -0.3 is 14.4 Å². The van der Waals surface area contributed by atoms with Gasteiger partial charge in [0.1, 0.15) is 12.2 Å². The Morgan fingerprint density at radius 3 is 2.56 bits per heavy atom. The molecule has 0 N–H and O–H groups in total. The molecule has 2 heterocycles. The lowest BCUT2D eigenvalue weighted by atomic mass is 9.84. The maximum absolute atomic E-state index is 14.0. The number of nitrogens with zero attached hydrogens (tertiary/aromatic N) is 3. The SMILES string of the molecule is CC(C)(C)OC(=O)N1CC[C@H]([C@H](Cc2ccc(F)c([N+](=O)[O-])c2)C(=O)N2C(=O)OC[C@@H]2Cc2ccccc2)C1. The summed E-state index contributed by atoms with van der Waals surface area (Å²) in [6, 6.07) is 12.4. The highest BCUT2D eigenvalue weighted by atomic mass is 19.1. The number of ether oxygens (including phenoxy) is 2. The number of benzene rings is 2. The summed E-state index contributed by atoms with van der Waals surface area (Å²) in [5.74, 6) is -2.64. The molecule has 2 aliphatic heterocycles. The first kappa shape index (κ1) is 28.0. The summed E-state index contributed by atoms with van der Waals surface area (Å²) < 4.78 is 24.8. The van der Waals surface area contributed by atoms with Crippen LogP contribution in [0.4, 0.5) is 19.7 Å². The van der Waals surface area contributed by atoms with E-state index < -0.39 is 52.1 Å². The number of hydrogen-bond donors (Lipinski definition) is 0. The Hall–Kier alpha value is -4.02. The number of carbonyl (C=O) groups excluding carboxylic acids is 3. The van der Waals surface area contributed by atoms with Crippen molar-refractivity contribution in [2.75, 3.05) is 19.7 Å². The third kappa shape index (κ3) is 6.71.